The predicted octanol–water partition coefficient (Wildman–Crippen LogP) is 1.24. The minimum absolute atomic E-state index is 0. The third-order valence-electron chi connectivity index (χ3n) is 5.12. The van der Waals surface area contributed by atoms with Gasteiger partial charge in [-0.2, -0.15) is 0 Å². The molecule has 0 aliphatic carbocycles. The molecule has 2 rings (SSSR count). The minimum Gasteiger partial charge on any atom is -0.383 e. The van der Waals surface area contributed by atoms with Crippen LogP contribution in [0.4, 0.5) is 0 Å². The molecule has 2 heterocycles. The van der Waals surface area contributed by atoms with Crippen molar-refractivity contribution >= 4 is 29.9 Å². The summed E-state index contributed by atoms with van der Waals surface area (Å²) in [5.41, 5.74) is 0. The predicted molar refractivity (Wildman–Crippen MR) is 122 cm³/mol. The number of rotatable bonds is 9. The summed E-state index contributed by atoms with van der Waals surface area (Å²) in [7, 11) is 1.77. The van der Waals surface area contributed by atoms with Gasteiger partial charge < -0.3 is 25.0 Å². The van der Waals surface area contributed by atoms with Crippen LogP contribution in [0.25, 0.3) is 0 Å². The third kappa shape index (κ3) is 10.3. The number of ether oxygens (including phenoxy) is 2. The van der Waals surface area contributed by atoms with Gasteiger partial charge in [0.15, 0.2) is 5.96 Å². The van der Waals surface area contributed by atoms with Crippen molar-refractivity contribution < 1.29 is 9.47 Å². The van der Waals surface area contributed by atoms with Gasteiger partial charge in [-0.15, -0.1) is 24.0 Å². The number of hydrogen-bond donors (Lipinski definition) is 2. The van der Waals surface area contributed by atoms with Crippen molar-refractivity contribution in [3.8, 4) is 0 Å². The van der Waals surface area contributed by atoms with Gasteiger partial charge in [-0.1, -0.05) is 6.92 Å². The topological polar surface area (TPSA) is 61.4 Å². The van der Waals surface area contributed by atoms with Crippen molar-refractivity contribution in [1.82, 2.24) is 20.4 Å². The third-order valence-corrected chi connectivity index (χ3v) is 5.12. The molecule has 1 atom stereocenters. The Hall–Kier alpha value is -0.160. The van der Waals surface area contributed by atoms with Gasteiger partial charge in [-0.05, 0) is 25.7 Å². The SMILES string of the molecule is CCNC(=NCC(C)CN1CCOCC1)NC1CCN(CCOC)CC1.I. The molecule has 2 fully saturated rings. The zero-order valence-corrected chi connectivity index (χ0v) is 19.7. The molecule has 0 saturated carbocycles. The van der Waals surface area contributed by atoms with Crippen LogP contribution < -0.4 is 10.6 Å². The Morgan fingerprint density at radius 3 is 2.52 bits per heavy atom. The lowest BCUT2D eigenvalue weighted by Crippen LogP contribution is -2.49. The first-order valence-electron chi connectivity index (χ1n) is 10.3. The summed E-state index contributed by atoms with van der Waals surface area (Å²) in [5, 5.41) is 7.05. The van der Waals surface area contributed by atoms with Crippen LogP contribution in [0.5, 0.6) is 0 Å². The molecule has 27 heavy (non-hydrogen) atoms. The number of aliphatic imine (C=N–C) groups is 1. The Morgan fingerprint density at radius 1 is 1.19 bits per heavy atom. The molecule has 2 N–H and O–H groups in total. The van der Waals surface area contributed by atoms with E-state index in [1.54, 1.807) is 7.11 Å². The highest BCUT2D eigenvalue weighted by molar-refractivity contribution is 14.0. The highest BCUT2D eigenvalue weighted by Gasteiger charge is 2.20. The molecule has 0 bridgehead atoms. The van der Waals surface area contributed by atoms with Crippen LogP contribution in [0.15, 0.2) is 4.99 Å². The van der Waals surface area contributed by atoms with Gasteiger partial charge in [0.1, 0.15) is 0 Å². The largest absolute Gasteiger partial charge is 0.383 e. The first-order chi connectivity index (χ1) is 12.7. The van der Waals surface area contributed by atoms with E-state index in [4.69, 9.17) is 14.5 Å². The summed E-state index contributed by atoms with van der Waals surface area (Å²) in [4.78, 5) is 9.81. The van der Waals surface area contributed by atoms with Crippen LogP contribution >= 0.6 is 24.0 Å². The Morgan fingerprint density at radius 2 is 1.89 bits per heavy atom. The number of guanidine groups is 1. The Kier molecular flexibility index (Phi) is 13.6. The van der Waals surface area contributed by atoms with Crippen LogP contribution in [0, 0.1) is 5.92 Å². The smallest absolute Gasteiger partial charge is 0.191 e. The van der Waals surface area contributed by atoms with Gasteiger partial charge in [0.25, 0.3) is 0 Å². The van der Waals surface area contributed by atoms with Crippen LogP contribution in [0.3, 0.4) is 0 Å². The first kappa shape index (κ1) is 24.9. The molecule has 0 radical (unpaired) electrons. The number of piperidine rings is 1. The van der Waals surface area contributed by atoms with E-state index in [0.717, 1.165) is 91.0 Å². The number of morpholine rings is 1. The van der Waals surface area contributed by atoms with Crippen LogP contribution in [-0.4, -0.2) is 101 Å². The molecular formula is C19H40IN5O2. The lowest BCUT2D eigenvalue weighted by molar-refractivity contribution is 0.0323. The normalized spacial score (nSPS) is 21.5. The van der Waals surface area contributed by atoms with E-state index in [2.05, 4.69) is 34.3 Å². The maximum atomic E-state index is 5.43. The molecule has 0 aromatic heterocycles. The molecule has 8 heteroatoms. The van der Waals surface area contributed by atoms with Crippen LogP contribution in [0.1, 0.15) is 26.7 Å². The van der Waals surface area contributed by atoms with Crippen molar-refractivity contribution in [1.29, 1.82) is 0 Å². The van der Waals surface area contributed by atoms with Crippen molar-refractivity contribution in [3.05, 3.63) is 0 Å². The number of nitrogens with zero attached hydrogens (tertiary/aromatic N) is 3. The van der Waals surface area contributed by atoms with Crippen LogP contribution in [-0.2, 0) is 9.47 Å². The fourth-order valence-corrected chi connectivity index (χ4v) is 3.56. The maximum absolute atomic E-state index is 5.43. The van der Waals surface area contributed by atoms with Crippen molar-refractivity contribution in [2.75, 3.05) is 79.3 Å². The van der Waals surface area contributed by atoms with Gasteiger partial charge in [0, 0.05) is 65.5 Å². The van der Waals surface area contributed by atoms with E-state index in [1.807, 2.05) is 0 Å². The van der Waals surface area contributed by atoms with Crippen molar-refractivity contribution in [2.45, 2.75) is 32.7 Å². The fraction of sp³-hybridized carbons (Fsp3) is 0.947. The van der Waals surface area contributed by atoms with Gasteiger partial charge in [-0.3, -0.25) is 9.89 Å². The average Bonchev–Trinajstić information content (AvgIpc) is 2.66. The number of hydrogen-bond acceptors (Lipinski definition) is 5. The van der Waals surface area contributed by atoms with E-state index >= 15 is 0 Å². The lowest BCUT2D eigenvalue weighted by atomic mass is 10.1. The van der Waals surface area contributed by atoms with E-state index < -0.39 is 0 Å². The molecule has 0 amide bonds. The molecule has 160 valence electrons. The van der Waals surface area contributed by atoms with E-state index in [9.17, 15) is 0 Å². The van der Waals surface area contributed by atoms with E-state index in [-0.39, 0.29) is 24.0 Å². The molecule has 2 aliphatic heterocycles. The molecule has 0 spiro atoms. The highest BCUT2D eigenvalue weighted by Crippen LogP contribution is 2.10. The highest BCUT2D eigenvalue weighted by atomic mass is 127. The number of methoxy groups -OCH3 is 1. The molecule has 2 saturated heterocycles. The zero-order valence-electron chi connectivity index (χ0n) is 17.4. The second kappa shape index (κ2) is 14.8. The quantitative estimate of drug-likeness (QED) is 0.284. The number of nitrogens with one attached hydrogen (secondary N) is 2. The lowest BCUT2D eigenvalue weighted by Gasteiger charge is -2.33. The molecule has 2 aliphatic rings. The molecule has 7 nitrogen and oxygen atoms in total. The fourth-order valence-electron chi connectivity index (χ4n) is 3.56. The number of likely N-dealkylation sites (tertiary alicyclic amines) is 1. The summed E-state index contributed by atoms with van der Waals surface area (Å²) in [6.45, 7) is 15.2. The monoisotopic (exact) mass is 497 g/mol. The minimum atomic E-state index is 0. The molecule has 0 aromatic carbocycles. The van der Waals surface area contributed by atoms with Gasteiger partial charge in [0.05, 0.1) is 19.8 Å². The van der Waals surface area contributed by atoms with E-state index in [1.165, 1.54) is 0 Å². The molecular weight excluding hydrogens is 457 g/mol. The summed E-state index contributed by atoms with van der Waals surface area (Å²) in [6.07, 6.45) is 2.33. The summed E-state index contributed by atoms with van der Waals surface area (Å²) in [5.74, 6) is 1.52. The maximum Gasteiger partial charge on any atom is 0.191 e. The second-order valence-corrected chi connectivity index (χ2v) is 7.49. The Labute approximate surface area is 182 Å². The van der Waals surface area contributed by atoms with Crippen molar-refractivity contribution in [3.63, 3.8) is 0 Å². The summed E-state index contributed by atoms with van der Waals surface area (Å²) < 4.78 is 10.6. The zero-order chi connectivity index (χ0) is 18.6. The average molecular weight is 497 g/mol. The molecule has 1 unspecified atom stereocenters. The van der Waals surface area contributed by atoms with Gasteiger partial charge >= 0.3 is 0 Å². The second-order valence-electron chi connectivity index (χ2n) is 7.49. The van der Waals surface area contributed by atoms with Gasteiger partial charge in [-0.25, -0.2) is 0 Å². The Balaban J connectivity index is 0.00000364. The number of halogens is 1. The van der Waals surface area contributed by atoms with Crippen LogP contribution in [0.2, 0.25) is 0 Å². The summed E-state index contributed by atoms with van der Waals surface area (Å²) >= 11 is 0. The first-order valence-corrected chi connectivity index (χ1v) is 10.3. The van der Waals surface area contributed by atoms with E-state index in [0.29, 0.717) is 12.0 Å². The summed E-state index contributed by atoms with van der Waals surface area (Å²) in [6, 6.07) is 0.515. The van der Waals surface area contributed by atoms with Gasteiger partial charge in [0.2, 0.25) is 0 Å². The standard InChI is InChI=1S/C19H39N5O2.HI/c1-4-20-19(21-15-17(2)16-24-10-13-26-14-11-24)22-18-5-7-23(8-6-18)9-12-25-3;/h17-18H,4-16H2,1-3H3,(H2,20,21,22);1H. The molecule has 0 aromatic rings. The Bertz CT molecular complexity index is 400. The van der Waals surface area contributed by atoms with Crippen molar-refractivity contribution in [2.24, 2.45) is 10.9 Å².